The number of aromatic amines is 1. The predicted molar refractivity (Wildman–Crippen MR) is 101 cm³/mol. The van der Waals surface area contributed by atoms with Crippen LogP contribution in [0.2, 0.25) is 0 Å². The molecule has 0 bridgehead atoms. The number of H-pyrrole nitrogens is 1. The molecule has 3 aromatic carbocycles. The summed E-state index contributed by atoms with van der Waals surface area (Å²) in [6.45, 7) is 2.25. The molecule has 0 aliphatic carbocycles. The van der Waals surface area contributed by atoms with Gasteiger partial charge < -0.3 is 4.98 Å². The Morgan fingerprint density at radius 3 is 2.58 bits per heavy atom. The van der Waals surface area contributed by atoms with Crippen LogP contribution in [0, 0.1) is 0 Å². The Morgan fingerprint density at radius 1 is 0.917 bits per heavy atom. The summed E-state index contributed by atoms with van der Waals surface area (Å²) in [5.74, 6) is 1.39. The Morgan fingerprint density at radius 2 is 1.71 bits per heavy atom. The van der Waals surface area contributed by atoms with Crippen LogP contribution in [0.15, 0.2) is 66.7 Å². The van der Waals surface area contributed by atoms with Gasteiger partial charge in [-0.25, -0.2) is 4.98 Å². The minimum absolute atomic E-state index is 0.309. The molecule has 1 N–H and O–H groups in total. The van der Waals surface area contributed by atoms with Gasteiger partial charge in [0.15, 0.2) is 0 Å². The first-order chi connectivity index (χ1) is 11.9. The van der Waals surface area contributed by atoms with Crippen LogP contribution in [-0.4, -0.2) is 9.97 Å². The van der Waals surface area contributed by atoms with Gasteiger partial charge >= 0.3 is 0 Å². The second kappa shape index (κ2) is 6.48. The average molecular weight is 314 g/mol. The zero-order valence-corrected chi connectivity index (χ0v) is 14.0. The second-order valence-electron chi connectivity index (χ2n) is 6.40. The van der Waals surface area contributed by atoms with Gasteiger partial charge in [0.1, 0.15) is 5.82 Å². The summed E-state index contributed by atoms with van der Waals surface area (Å²) < 4.78 is 0. The Bertz CT molecular complexity index is 929. The highest BCUT2D eigenvalue weighted by atomic mass is 14.9. The molecule has 1 unspecified atom stereocenters. The van der Waals surface area contributed by atoms with Crippen molar-refractivity contribution in [2.75, 3.05) is 0 Å². The number of benzene rings is 3. The Balaban J connectivity index is 1.86. The Kier molecular flexibility index (Phi) is 4.04. The van der Waals surface area contributed by atoms with Crippen molar-refractivity contribution in [3.8, 4) is 0 Å². The molecule has 0 aliphatic rings. The number of nitrogens with one attached hydrogen (secondary N) is 1. The summed E-state index contributed by atoms with van der Waals surface area (Å²) in [6.07, 6.45) is 3.51. The Hall–Kier alpha value is -2.61. The fourth-order valence-corrected chi connectivity index (χ4v) is 3.54. The number of nitrogens with zero attached hydrogens (tertiary/aromatic N) is 1. The van der Waals surface area contributed by atoms with E-state index in [1.54, 1.807) is 0 Å². The van der Waals surface area contributed by atoms with Crippen LogP contribution in [0.1, 0.15) is 43.5 Å². The molecule has 0 saturated carbocycles. The highest BCUT2D eigenvalue weighted by molar-refractivity contribution is 5.86. The first-order valence-electron chi connectivity index (χ1n) is 8.79. The molecule has 1 aromatic heterocycles. The third kappa shape index (κ3) is 2.69. The predicted octanol–water partition coefficient (Wildman–Crippen LogP) is 6.04. The van der Waals surface area contributed by atoms with Crippen molar-refractivity contribution in [3.63, 3.8) is 0 Å². The van der Waals surface area contributed by atoms with Crippen molar-refractivity contribution in [2.24, 2.45) is 0 Å². The normalized spacial score (nSPS) is 12.7. The maximum atomic E-state index is 4.89. The van der Waals surface area contributed by atoms with Crippen LogP contribution in [0.5, 0.6) is 0 Å². The fourth-order valence-electron chi connectivity index (χ4n) is 3.54. The summed E-state index contributed by atoms with van der Waals surface area (Å²) in [5.41, 5.74) is 3.55. The van der Waals surface area contributed by atoms with Gasteiger partial charge in [-0.15, -0.1) is 0 Å². The summed E-state index contributed by atoms with van der Waals surface area (Å²) in [4.78, 5) is 8.45. The average Bonchev–Trinajstić information content (AvgIpc) is 3.06. The highest BCUT2D eigenvalue weighted by Gasteiger charge is 2.19. The monoisotopic (exact) mass is 314 g/mol. The number of imidazole rings is 1. The summed E-state index contributed by atoms with van der Waals surface area (Å²) in [5, 5.41) is 2.63. The molecule has 0 saturated heterocycles. The number of hydrogen-bond acceptors (Lipinski definition) is 1. The lowest BCUT2D eigenvalue weighted by molar-refractivity contribution is 0.632. The van der Waals surface area contributed by atoms with E-state index in [1.165, 1.54) is 29.2 Å². The van der Waals surface area contributed by atoms with Crippen molar-refractivity contribution in [2.45, 2.75) is 32.1 Å². The molecular formula is C22H22N2. The second-order valence-corrected chi connectivity index (χ2v) is 6.40. The number of para-hydroxylation sites is 2. The first-order valence-corrected chi connectivity index (χ1v) is 8.79. The van der Waals surface area contributed by atoms with Gasteiger partial charge in [-0.3, -0.25) is 0 Å². The van der Waals surface area contributed by atoms with Gasteiger partial charge in [0.05, 0.1) is 11.0 Å². The third-order valence-electron chi connectivity index (χ3n) is 4.78. The van der Waals surface area contributed by atoms with E-state index in [-0.39, 0.29) is 0 Å². The lowest BCUT2D eigenvalue weighted by Crippen LogP contribution is -2.04. The molecule has 0 radical (unpaired) electrons. The van der Waals surface area contributed by atoms with Crippen molar-refractivity contribution in [1.29, 1.82) is 0 Å². The molecular weight excluding hydrogens is 292 g/mol. The van der Waals surface area contributed by atoms with Gasteiger partial charge in [-0.2, -0.15) is 0 Å². The van der Waals surface area contributed by atoms with Crippen molar-refractivity contribution in [3.05, 3.63) is 78.1 Å². The number of aromatic nitrogens is 2. The topological polar surface area (TPSA) is 28.7 Å². The quantitative estimate of drug-likeness (QED) is 0.478. The maximum absolute atomic E-state index is 4.89. The lowest BCUT2D eigenvalue weighted by atomic mass is 9.89. The smallest absolute Gasteiger partial charge is 0.114 e. The molecule has 0 fully saturated rings. The molecule has 120 valence electrons. The van der Waals surface area contributed by atoms with Gasteiger partial charge in [-0.1, -0.05) is 74.4 Å². The Labute approximate surface area is 142 Å². The molecule has 24 heavy (non-hydrogen) atoms. The third-order valence-corrected chi connectivity index (χ3v) is 4.78. The van der Waals surface area contributed by atoms with E-state index in [1.807, 2.05) is 6.07 Å². The summed E-state index contributed by atoms with van der Waals surface area (Å²) >= 11 is 0. The number of unbranched alkanes of at least 4 members (excludes halogenated alkanes) is 1. The zero-order valence-electron chi connectivity index (χ0n) is 14.0. The summed E-state index contributed by atoms with van der Waals surface area (Å²) in [6, 6.07) is 23.6. The fraction of sp³-hybridized carbons (Fsp3) is 0.227. The zero-order chi connectivity index (χ0) is 16.4. The molecule has 1 atom stereocenters. The summed E-state index contributed by atoms with van der Waals surface area (Å²) in [7, 11) is 0. The van der Waals surface area contributed by atoms with Gasteiger partial charge in [-0.05, 0) is 34.9 Å². The molecule has 0 amide bonds. The van der Waals surface area contributed by atoms with Gasteiger partial charge in [0, 0.05) is 5.92 Å². The number of fused-ring (bicyclic) bond motifs is 2. The SMILES string of the molecule is CCCCC(c1nc2ccccc2[nH]1)c1cccc2ccccc12. The van der Waals surface area contributed by atoms with Gasteiger partial charge in [0.25, 0.3) is 0 Å². The van der Waals surface area contributed by atoms with Crippen LogP contribution >= 0.6 is 0 Å². The van der Waals surface area contributed by atoms with Crippen LogP contribution in [0.4, 0.5) is 0 Å². The number of hydrogen-bond donors (Lipinski definition) is 1. The molecule has 0 spiro atoms. The number of rotatable bonds is 5. The van der Waals surface area contributed by atoms with E-state index >= 15 is 0 Å². The van der Waals surface area contributed by atoms with Crippen LogP contribution in [0.25, 0.3) is 21.8 Å². The van der Waals surface area contributed by atoms with E-state index in [9.17, 15) is 0 Å². The van der Waals surface area contributed by atoms with Crippen molar-refractivity contribution in [1.82, 2.24) is 9.97 Å². The first kappa shape index (κ1) is 14.9. The molecule has 2 heteroatoms. The van der Waals surface area contributed by atoms with Crippen LogP contribution < -0.4 is 0 Å². The van der Waals surface area contributed by atoms with E-state index < -0.39 is 0 Å². The highest BCUT2D eigenvalue weighted by Crippen LogP contribution is 2.34. The molecule has 4 aromatic rings. The lowest BCUT2D eigenvalue weighted by Gasteiger charge is -2.17. The van der Waals surface area contributed by atoms with Crippen molar-refractivity contribution < 1.29 is 0 Å². The molecule has 2 nitrogen and oxygen atoms in total. The maximum Gasteiger partial charge on any atom is 0.114 e. The van der Waals surface area contributed by atoms with Crippen molar-refractivity contribution >= 4 is 21.8 Å². The minimum atomic E-state index is 0.309. The van der Waals surface area contributed by atoms with Gasteiger partial charge in [0.2, 0.25) is 0 Å². The largest absolute Gasteiger partial charge is 0.341 e. The molecule has 4 rings (SSSR count). The molecule has 1 heterocycles. The minimum Gasteiger partial charge on any atom is -0.341 e. The van der Waals surface area contributed by atoms with E-state index in [2.05, 4.69) is 72.6 Å². The molecule has 0 aliphatic heterocycles. The van der Waals surface area contributed by atoms with E-state index in [0.29, 0.717) is 5.92 Å². The van der Waals surface area contributed by atoms with Crippen LogP contribution in [0.3, 0.4) is 0 Å². The van der Waals surface area contributed by atoms with E-state index in [4.69, 9.17) is 4.98 Å². The van der Waals surface area contributed by atoms with E-state index in [0.717, 1.165) is 23.3 Å². The standard InChI is InChI=1S/C22H22N2/c1-2-3-11-19(22-23-20-14-6-7-15-21(20)24-22)18-13-8-10-16-9-4-5-12-17(16)18/h4-10,12-15,19H,2-3,11H2,1H3,(H,23,24). The van der Waals surface area contributed by atoms with Crippen LogP contribution in [-0.2, 0) is 0 Å².